The van der Waals surface area contributed by atoms with Crippen molar-refractivity contribution in [1.82, 2.24) is 10.2 Å². The summed E-state index contributed by atoms with van der Waals surface area (Å²) in [6.45, 7) is 4.53. The molecule has 6 heteroatoms. The highest BCUT2D eigenvalue weighted by molar-refractivity contribution is 9.10. The van der Waals surface area contributed by atoms with E-state index < -0.39 is 0 Å². The minimum absolute atomic E-state index is 0.340. The van der Waals surface area contributed by atoms with Gasteiger partial charge in [0.2, 0.25) is 0 Å². The van der Waals surface area contributed by atoms with Gasteiger partial charge in [0.15, 0.2) is 5.96 Å². The molecule has 2 saturated heterocycles. The lowest BCUT2D eigenvalue weighted by atomic mass is 9.87. The van der Waals surface area contributed by atoms with Crippen LogP contribution in [0.2, 0.25) is 5.02 Å². The zero-order valence-corrected chi connectivity index (χ0v) is 15.1. The standard InChI is InChI=1S/C16H21BrClN3O/c1-19-15(20-9-12-2-3-13(17)8-14(12)18)21-6-4-16(10-21)5-7-22-11-16/h2-3,8H,4-7,9-11H2,1H3,(H,19,20). The van der Waals surface area contributed by atoms with Gasteiger partial charge in [-0.2, -0.15) is 0 Å². The third-order valence-corrected chi connectivity index (χ3v) is 5.43. The second kappa shape index (κ2) is 6.77. The molecule has 1 atom stereocenters. The Morgan fingerprint density at radius 2 is 2.36 bits per heavy atom. The van der Waals surface area contributed by atoms with Gasteiger partial charge in [0, 0.05) is 48.2 Å². The predicted molar refractivity (Wildman–Crippen MR) is 93.4 cm³/mol. The molecule has 0 radical (unpaired) electrons. The molecule has 0 aliphatic carbocycles. The maximum absolute atomic E-state index is 6.27. The molecule has 0 aromatic heterocycles. The first-order chi connectivity index (χ1) is 10.6. The van der Waals surface area contributed by atoms with Gasteiger partial charge in [0.05, 0.1) is 6.61 Å². The number of aliphatic imine (C=N–C) groups is 1. The van der Waals surface area contributed by atoms with Gasteiger partial charge in [-0.3, -0.25) is 4.99 Å². The fourth-order valence-corrected chi connectivity index (χ4v) is 4.00. The van der Waals surface area contributed by atoms with Crippen molar-refractivity contribution in [2.75, 3.05) is 33.4 Å². The second-order valence-electron chi connectivity index (χ2n) is 6.11. The first kappa shape index (κ1) is 16.1. The summed E-state index contributed by atoms with van der Waals surface area (Å²) >= 11 is 9.70. The van der Waals surface area contributed by atoms with E-state index >= 15 is 0 Å². The summed E-state index contributed by atoms with van der Waals surface area (Å²) in [6, 6.07) is 5.96. The molecular formula is C16H21BrClN3O. The van der Waals surface area contributed by atoms with E-state index in [-0.39, 0.29) is 0 Å². The zero-order valence-electron chi connectivity index (χ0n) is 12.7. The lowest BCUT2D eigenvalue weighted by Gasteiger charge is -2.25. The van der Waals surface area contributed by atoms with Gasteiger partial charge in [-0.25, -0.2) is 0 Å². The maximum atomic E-state index is 6.27. The Labute approximate surface area is 145 Å². The van der Waals surface area contributed by atoms with Crippen LogP contribution in [-0.2, 0) is 11.3 Å². The van der Waals surface area contributed by atoms with Crippen LogP contribution in [0.3, 0.4) is 0 Å². The minimum atomic E-state index is 0.340. The monoisotopic (exact) mass is 385 g/mol. The Morgan fingerprint density at radius 3 is 3.05 bits per heavy atom. The van der Waals surface area contributed by atoms with Crippen molar-refractivity contribution < 1.29 is 4.74 Å². The van der Waals surface area contributed by atoms with Crippen molar-refractivity contribution in [3.05, 3.63) is 33.3 Å². The van der Waals surface area contributed by atoms with Gasteiger partial charge in [-0.15, -0.1) is 0 Å². The molecule has 1 N–H and O–H groups in total. The molecule has 4 nitrogen and oxygen atoms in total. The number of halogens is 2. The number of nitrogens with one attached hydrogen (secondary N) is 1. The maximum Gasteiger partial charge on any atom is 0.193 e. The van der Waals surface area contributed by atoms with Gasteiger partial charge in [0.25, 0.3) is 0 Å². The second-order valence-corrected chi connectivity index (χ2v) is 7.43. The molecule has 2 fully saturated rings. The predicted octanol–water partition coefficient (Wildman–Crippen LogP) is 3.29. The lowest BCUT2D eigenvalue weighted by Crippen LogP contribution is -2.41. The third kappa shape index (κ3) is 3.42. The zero-order chi connectivity index (χ0) is 15.6. The molecule has 2 aliphatic heterocycles. The van der Waals surface area contributed by atoms with Crippen LogP contribution in [0.5, 0.6) is 0 Å². The summed E-state index contributed by atoms with van der Waals surface area (Å²) in [5.74, 6) is 0.947. The van der Waals surface area contributed by atoms with Crippen molar-refractivity contribution in [2.24, 2.45) is 10.4 Å². The van der Waals surface area contributed by atoms with Crippen LogP contribution < -0.4 is 5.32 Å². The molecule has 22 heavy (non-hydrogen) atoms. The van der Waals surface area contributed by atoms with Crippen LogP contribution in [0.15, 0.2) is 27.7 Å². The van der Waals surface area contributed by atoms with Crippen LogP contribution in [0.1, 0.15) is 18.4 Å². The summed E-state index contributed by atoms with van der Waals surface area (Å²) < 4.78 is 6.59. The molecule has 0 saturated carbocycles. The Morgan fingerprint density at radius 1 is 1.50 bits per heavy atom. The normalized spacial score (nSPS) is 25.2. The average Bonchev–Trinajstić information content (AvgIpc) is 3.13. The van der Waals surface area contributed by atoms with E-state index in [4.69, 9.17) is 16.3 Å². The number of benzene rings is 1. The summed E-state index contributed by atoms with van der Waals surface area (Å²) in [6.07, 6.45) is 2.35. The summed E-state index contributed by atoms with van der Waals surface area (Å²) in [5, 5.41) is 4.19. The average molecular weight is 387 g/mol. The van der Waals surface area contributed by atoms with Crippen molar-refractivity contribution in [3.8, 4) is 0 Å². The molecule has 2 aliphatic rings. The van der Waals surface area contributed by atoms with Gasteiger partial charge >= 0.3 is 0 Å². The molecular weight excluding hydrogens is 366 g/mol. The molecule has 0 amide bonds. The highest BCUT2D eigenvalue weighted by atomic mass is 79.9. The molecule has 1 unspecified atom stereocenters. The van der Waals surface area contributed by atoms with Gasteiger partial charge < -0.3 is 15.0 Å². The van der Waals surface area contributed by atoms with E-state index in [1.807, 2.05) is 25.2 Å². The number of ether oxygens (including phenoxy) is 1. The highest BCUT2D eigenvalue weighted by Crippen LogP contribution is 2.38. The number of likely N-dealkylation sites (tertiary alicyclic amines) is 1. The Balaban J connectivity index is 1.61. The first-order valence-electron chi connectivity index (χ1n) is 7.59. The number of rotatable bonds is 2. The Kier molecular flexibility index (Phi) is 4.95. The third-order valence-electron chi connectivity index (χ3n) is 4.59. The van der Waals surface area contributed by atoms with Crippen molar-refractivity contribution in [1.29, 1.82) is 0 Å². The van der Waals surface area contributed by atoms with Crippen LogP contribution in [-0.4, -0.2) is 44.2 Å². The first-order valence-corrected chi connectivity index (χ1v) is 8.76. The molecule has 1 aromatic rings. The molecule has 1 spiro atoms. The molecule has 1 aromatic carbocycles. The van der Waals surface area contributed by atoms with E-state index in [1.165, 1.54) is 12.8 Å². The highest BCUT2D eigenvalue weighted by Gasteiger charge is 2.42. The lowest BCUT2D eigenvalue weighted by molar-refractivity contribution is 0.156. The van der Waals surface area contributed by atoms with Crippen LogP contribution >= 0.6 is 27.5 Å². The fourth-order valence-electron chi connectivity index (χ4n) is 3.26. The summed E-state index contributed by atoms with van der Waals surface area (Å²) in [7, 11) is 1.83. The van der Waals surface area contributed by atoms with Gasteiger partial charge in [-0.05, 0) is 30.5 Å². The van der Waals surface area contributed by atoms with E-state index in [0.717, 1.165) is 47.3 Å². The Bertz CT molecular complexity index is 573. The van der Waals surface area contributed by atoms with Crippen molar-refractivity contribution in [3.63, 3.8) is 0 Å². The number of hydrogen-bond donors (Lipinski definition) is 1. The number of nitrogens with zero attached hydrogens (tertiary/aromatic N) is 2. The summed E-state index contributed by atoms with van der Waals surface area (Å²) in [5.41, 5.74) is 1.41. The van der Waals surface area contributed by atoms with Crippen LogP contribution in [0.25, 0.3) is 0 Å². The smallest absolute Gasteiger partial charge is 0.193 e. The van der Waals surface area contributed by atoms with Crippen molar-refractivity contribution >= 4 is 33.5 Å². The quantitative estimate of drug-likeness (QED) is 0.626. The molecule has 0 bridgehead atoms. The topological polar surface area (TPSA) is 36.9 Å². The SMILES string of the molecule is CN=C(NCc1ccc(Br)cc1Cl)N1CCC2(CCOC2)C1. The molecule has 120 valence electrons. The van der Waals surface area contributed by atoms with Crippen molar-refractivity contribution in [2.45, 2.75) is 19.4 Å². The summed E-state index contributed by atoms with van der Waals surface area (Å²) in [4.78, 5) is 6.76. The van der Waals surface area contributed by atoms with E-state index in [1.54, 1.807) is 0 Å². The Hall–Kier alpha value is -0.780. The van der Waals surface area contributed by atoms with Gasteiger partial charge in [-0.1, -0.05) is 33.6 Å². The largest absolute Gasteiger partial charge is 0.381 e. The van der Waals surface area contributed by atoms with Crippen LogP contribution in [0.4, 0.5) is 0 Å². The number of hydrogen-bond acceptors (Lipinski definition) is 2. The van der Waals surface area contributed by atoms with Crippen LogP contribution in [0, 0.1) is 5.41 Å². The van der Waals surface area contributed by atoms with E-state index in [0.29, 0.717) is 12.0 Å². The minimum Gasteiger partial charge on any atom is -0.381 e. The molecule has 3 rings (SSSR count). The fraction of sp³-hybridized carbons (Fsp3) is 0.562. The molecule has 2 heterocycles. The van der Waals surface area contributed by atoms with Gasteiger partial charge in [0.1, 0.15) is 0 Å². The van der Waals surface area contributed by atoms with E-state index in [9.17, 15) is 0 Å². The number of guanidine groups is 1. The van der Waals surface area contributed by atoms with E-state index in [2.05, 4.69) is 31.1 Å².